The molecule has 6 nitrogen and oxygen atoms in total. The van der Waals surface area contributed by atoms with E-state index >= 15 is 0 Å². The lowest BCUT2D eigenvalue weighted by Crippen LogP contribution is -2.37. The molecular formula is C19H20F3N5OS. The van der Waals surface area contributed by atoms with Gasteiger partial charge in [-0.05, 0) is 55.9 Å². The van der Waals surface area contributed by atoms with Crippen LogP contribution in [-0.2, 0) is 5.54 Å². The average Bonchev–Trinajstić information content (AvgIpc) is 3.11. The molecule has 154 valence electrons. The van der Waals surface area contributed by atoms with Gasteiger partial charge in [0.15, 0.2) is 5.54 Å². The van der Waals surface area contributed by atoms with Gasteiger partial charge in [-0.2, -0.15) is 29.8 Å². The number of carbonyl (C=O) groups excluding carboxylic acids is 1. The smallest absolute Gasteiger partial charge is 0.343 e. The van der Waals surface area contributed by atoms with Crippen LogP contribution < -0.4 is 5.32 Å². The van der Waals surface area contributed by atoms with Gasteiger partial charge in [-0.3, -0.25) is 4.79 Å². The average molecular weight is 423 g/mol. The molecule has 1 unspecified atom stereocenters. The number of aromatic nitrogens is 3. The van der Waals surface area contributed by atoms with Gasteiger partial charge in [0.1, 0.15) is 5.69 Å². The fourth-order valence-corrected chi connectivity index (χ4v) is 4.61. The summed E-state index contributed by atoms with van der Waals surface area (Å²) < 4.78 is 40.7. The third-order valence-electron chi connectivity index (χ3n) is 5.98. The quantitative estimate of drug-likeness (QED) is 0.782. The van der Waals surface area contributed by atoms with Crippen LogP contribution in [0, 0.1) is 23.2 Å². The Hall–Kier alpha value is -2.41. The van der Waals surface area contributed by atoms with Crippen LogP contribution in [-0.4, -0.2) is 27.1 Å². The van der Waals surface area contributed by atoms with E-state index in [-0.39, 0.29) is 24.7 Å². The van der Waals surface area contributed by atoms with Gasteiger partial charge in [-0.15, -0.1) is 5.10 Å². The number of hydrogen-bond acceptors (Lipinski definition) is 5. The first kappa shape index (κ1) is 19.9. The van der Waals surface area contributed by atoms with Gasteiger partial charge in [0.2, 0.25) is 0 Å². The molecular weight excluding hydrogens is 403 g/mol. The van der Waals surface area contributed by atoms with E-state index in [1.807, 2.05) is 0 Å². The molecule has 2 aliphatic rings. The first-order valence-electron chi connectivity index (χ1n) is 9.56. The number of amides is 1. The van der Waals surface area contributed by atoms with Crippen LogP contribution in [0.25, 0.3) is 0 Å². The highest BCUT2D eigenvalue weighted by Crippen LogP contribution is 2.45. The van der Waals surface area contributed by atoms with Crippen molar-refractivity contribution in [1.29, 1.82) is 5.26 Å². The zero-order chi connectivity index (χ0) is 20.6. The largest absolute Gasteiger partial charge is 0.391 e. The lowest BCUT2D eigenvalue weighted by atomic mass is 9.77. The number of nitriles is 1. The minimum atomic E-state index is -4.19. The highest BCUT2D eigenvalue weighted by molar-refractivity contribution is 7.08. The molecule has 0 radical (unpaired) electrons. The van der Waals surface area contributed by atoms with E-state index < -0.39 is 23.7 Å². The Bertz CT molecular complexity index is 905. The number of halogens is 3. The predicted molar refractivity (Wildman–Crippen MR) is 98.9 cm³/mol. The first-order valence-corrected chi connectivity index (χ1v) is 10.5. The Morgan fingerprint density at radius 3 is 2.62 bits per heavy atom. The van der Waals surface area contributed by atoms with Crippen molar-refractivity contribution in [3.05, 3.63) is 34.3 Å². The van der Waals surface area contributed by atoms with Crippen LogP contribution in [0.3, 0.4) is 0 Å². The number of hydrogen-bond donors (Lipinski definition) is 1. The molecule has 1 N–H and O–H groups in total. The number of rotatable bonds is 5. The normalized spacial score (nSPS) is 24.5. The monoisotopic (exact) mass is 423 g/mol. The summed E-state index contributed by atoms with van der Waals surface area (Å²) in [6.45, 7) is 0. The van der Waals surface area contributed by atoms with E-state index in [1.54, 1.807) is 23.0 Å². The van der Waals surface area contributed by atoms with E-state index in [4.69, 9.17) is 0 Å². The Morgan fingerprint density at radius 2 is 2.07 bits per heavy atom. The van der Waals surface area contributed by atoms with Crippen molar-refractivity contribution in [2.75, 3.05) is 0 Å². The molecule has 0 aliphatic heterocycles. The molecule has 10 heteroatoms. The maximum Gasteiger partial charge on any atom is 0.391 e. The second-order valence-corrected chi connectivity index (χ2v) is 8.63. The van der Waals surface area contributed by atoms with Crippen LogP contribution in [0.5, 0.6) is 0 Å². The fourth-order valence-electron chi connectivity index (χ4n) is 3.97. The highest BCUT2D eigenvalue weighted by Gasteiger charge is 2.47. The maximum absolute atomic E-state index is 13.0. The molecule has 4 rings (SSSR count). The molecule has 2 fully saturated rings. The predicted octanol–water partition coefficient (Wildman–Crippen LogP) is 4.19. The number of nitrogens with one attached hydrogen (secondary N) is 1. The summed E-state index contributed by atoms with van der Waals surface area (Å²) in [4.78, 5) is 12.6. The molecule has 2 aromatic rings. The molecule has 0 spiro atoms. The van der Waals surface area contributed by atoms with Gasteiger partial charge in [0.05, 0.1) is 29.8 Å². The summed E-state index contributed by atoms with van der Waals surface area (Å²) in [5, 5.41) is 24.1. The standard InChI is InChI=1S/C19H20F3N5OS/c20-19(21,22)14-3-1-12(2-4-14)16(24-17(28)13-5-8-29-10-13)15-9-27(26-25-15)18(11-23)6-7-18/h5,8-10,12,14,16H,1-4,6-7H2,(H,24,28). The van der Waals surface area contributed by atoms with Crippen molar-refractivity contribution in [1.82, 2.24) is 20.3 Å². The first-order chi connectivity index (χ1) is 13.8. The highest BCUT2D eigenvalue weighted by atomic mass is 32.1. The molecule has 2 heterocycles. The second-order valence-electron chi connectivity index (χ2n) is 7.85. The Balaban J connectivity index is 1.55. The molecule has 2 aromatic heterocycles. The molecule has 1 amide bonds. The summed E-state index contributed by atoms with van der Waals surface area (Å²) in [6, 6.07) is 3.39. The maximum atomic E-state index is 13.0. The van der Waals surface area contributed by atoms with Gasteiger partial charge in [-0.1, -0.05) is 5.21 Å². The number of carbonyl (C=O) groups is 1. The minimum Gasteiger partial charge on any atom is -0.343 e. The number of nitrogens with zero attached hydrogens (tertiary/aromatic N) is 4. The van der Waals surface area contributed by atoms with Crippen molar-refractivity contribution in [2.45, 2.75) is 56.3 Å². The molecule has 0 bridgehead atoms. The third kappa shape index (κ3) is 4.01. The molecule has 2 saturated carbocycles. The Labute approximate surface area is 169 Å². The van der Waals surface area contributed by atoms with E-state index in [1.165, 1.54) is 16.0 Å². The van der Waals surface area contributed by atoms with Gasteiger partial charge in [-0.25, -0.2) is 4.68 Å². The minimum absolute atomic E-state index is 0.0370. The van der Waals surface area contributed by atoms with Crippen LogP contribution in [0.15, 0.2) is 23.0 Å². The Kier molecular flexibility index (Phi) is 5.11. The SMILES string of the molecule is N#CC1(n2cc(C(NC(=O)c3ccsc3)C3CCC(C(F)(F)F)CC3)nn2)CC1. The second kappa shape index (κ2) is 7.44. The van der Waals surface area contributed by atoms with E-state index in [0.717, 1.165) is 0 Å². The Morgan fingerprint density at radius 1 is 1.34 bits per heavy atom. The lowest BCUT2D eigenvalue weighted by molar-refractivity contribution is -0.184. The molecule has 1 atom stereocenters. The van der Waals surface area contributed by atoms with Gasteiger partial charge < -0.3 is 5.32 Å². The van der Waals surface area contributed by atoms with Crippen LogP contribution in [0.4, 0.5) is 13.2 Å². The third-order valence-corrected chi connectivity index (χ3v) is 6.66. The zero-order valence-electron chi connectivity index (χ0n) is 15.5. The summed E-state index contributed by atoms with van der Waals surface area (Å²) in [7, 11) is 0. The summed E-state index contributed by atoms with van der Waals surface area (Å²) >= 11 is 1.39. The zero-order valence-corrected chi connectivity index (χ0v) is 16.3. The lowest BCUT2D eigenvalue weighted by Gasteiger charge is -2.34. The van der Waals surface area contributed by atoms with Crippen molar-refractivity contribution in [3.63, 3.8) is 0 Å². The topological polar surface area (TPSA) is 83.6 Å². The van der Waals surface area contributed by atoms with Crippen molar-refractivity contribution >= 4 is 17.2 Å². The van der Waals surface area contributed by atoms with Gasteiger partial charge >= 0.3 is 6.18 Å². The number of thiophene rings is 1. The summed E-state index contributed by atoms with van der Waals surface area (Å²) in [5.41, 5.74) is 0.318. The fraction of sp³-hybridized carbons (Fsp3) is 0.579. The van der Waals surface area contributed by atoms with Crippen molar-refractivity contribution < 1.29 is 18.0 Å². The molecule has 29 heavy (non-hydrogen) atoms. The number of alkyl halides is 3. The molecule has 2 aliphatic carbocycles. The van der Waals surface area contributed by atoms with Gasteiger partial charge in [0, 0.05) is 5.38 Å². The van der Waals surface area contributed by atoms with Gasteiger partial charge in [0.25, 0.3) is 5.91 Å². The molecule has 0 aromatic carbocycles. The molecule has 0 saturated heterocycles. The summed E-state index contributed by atoms with van der Waals surface area (Å²) in [6.07, 6.45) is -0.391. The van der Waals surface area contributed by atoms with E-state index in [9.17, 15) is 23.2 Å². The van der Waals surface area contributed by atoms with E-state index in [2.05, 4.69) is 21.7 Å². The van der Waals surface area contributed by atoms with Crippen molar-refractivity contribution in [3.8, 4) is 6.07 Å². The van der Waals surface area contributed by atoms with E-state index in [0.29, 0.717) is 36.9 Å². The van der Waals surface area contributed by atoms with Crippen LogP contribution in [0.1, 0.15) is 60.6 Å². The van der Waals surface area contributed by atoms with Crippen molar-refractivity contribution in [2.24, 2.45) is 11.8 Å². The van der Waals surface area contributed by atoms with Crippen LogP contribution in [0.2, 0.25) is 0 Å². The summed E-state index contributed by atoms with van der Waals surface area (Å²) in [5.74, 6) is -1.75. The van der Waals surface area contributed by atoms with Crippen LogP contribution >= 0.6 is 11.3 Å².